The summed E-state index contributed by atoms with van der Waals surface area (Å²) in [5.74, 6) is -1.65. The summed E-state index contributed by atoms with van der Waals surface area (Å²) in [5.41, 5.74) is 5.62. The number of hydrogen-bond donors (Lipinski definition) is 1. The van der Waals surface area contributed by atoms with Gasteiger partial charge in [0.15, 0.2) is 6.29 Å². The van der Waals surface area contributed by atoms with Crippen molar-refractivity contribution in [2.75, 3.05) is 18.0 Å². The van der Waals surface area contributed by atoms with Gasteiger partial charge in [0, 0.05) is 30.8 Å². The van der Waals surface area contributed by atoms with Crippen LogP contribution in [0.3, 0.4) is 0 Å². The highest BCUT2D eigenvalue weighted by atomic mass is 19.1. The molecule has 2 aromatic rings. The van der Waals surface area contributed by atoms with Crippen molar-refractivity contribution >= 4 is 18.1 Å². The van der Waals surface area contributed by atoms with E-state index in [2.05, 4.69) is 4.98 Å². The van der Waals surface area contributed by atoms with Gasteiger partial charge in [-0.25, -0.2) is 18.6 Å². The molecule has 1 amide bonds. The van der Waals surface area contributed by atoms with Crippen molar-refractivity contribution in [3.05, 3.63) is 47.3 Å². The zero-order valence-electron chi connectivity index (χ0n) is 14.0. The molecule has 7 nitrogen and oxygen atoms in total. The van der Waals surface area contributed by atoms with Crippen LogP contribution in [-0.4, -0.2) is 36.6 Å². The number of nitrogens with two attached hydrogens (primary N) is 1. The third-order valence-electron chi connectivity index (χ3n) is 4.21. The van der Waals surface area contributed by atoms with E-state index in [1.807, 2.05) is 6.07 Å². The Morgan fingerprint density at radius 2 is 2.07 bits per heavy atom. The number of aromatic nitrogens is 1. The van der Waals surface area contributed by atoms with Crippen molar-refractivity contribution in [1.82, 2.24) is 4.98 Å². The van der Waals surface area contributed by atoms with Gasteiger partial charge in [-0.05, 0) is 17.7 Å². The molecule has 1 aromatic heterocycles. The first-order valence-corrected chi connectivity index (χ1v) is 7.98. The molecule has 9 heteroatoms. The number of pyridine rings is 1. The van der Waals surface area contributed by atoms with Gasteiger partial charge in [-0.15, -0.1) is 0 Å². The van der Waals surface area contributed by atoms with Gasteiger partial charge in [-0.3, -0.25) is 4.79 Å². The van der Waals surface area contributed by atoms with Crippen LogP contribution in [0.15, 0.2) is 24.4 Å². The van der Waals surface area contributed by atoms with Gasteiger partial charge in [0.05, 0.1) is 17.8 Å². The van der Waals surface area contributed by atoms with Crippen LogP contribution >= 0.6 is 0 Å². The lowest BCUT2D eigenvalue weighted by Crippen LogP contribution is -2.28. The topological polar surface area (TPSA) is 109 Å². The molecule has 0 aliphatic carbocycles. The quantitative estimate of drug-likeness (QED) is 0.826. The Balaban J connectivity index is 2.16. The summed E-state index contributed by atoms with van der Waals surface area (Å²) in [6.07, 6.45) is 0.797. The minimum absolute atomic E-state index is 0.0783. The molecule has 1 aliphatic heterocycles. The van der Waals surface area contributed by atoms with Crippen LogP contribution in [-0.2, 0) is 4.74 Å². The van der Waals surface area contributed by atoms with E-state index in [0.717, 1.165) is 12.1 Å². The van der Waals surface area contributed by atoms with E-state index >= 15 is 0 Å². The van der Waals surface area contributed by atoms with Gasteiger partial charge < -0.3 is 15.4 Å². The van der Waals surface area contributed by atoms with Crippen molar-refractivity contribution in [3.63, 3.8) is 0 Å². The summed E-state index contributed by atoms with van der Waals surface area (Å²) >= 11 is 0. The number of nitriles is 1. The van der Waals surface area contributed by atoms with Gasteiger partial charge in [0.25, 0.3) is 0 Å². The number of benzene rings is 1. The molecule has 0 spiro atoms. The van der Waals surface area contributed by atoms with Gasteiger partial charge in [0.2, 0.25) is 0 Å². The van der Waals surface area contributed by atoms with E-state index in [1.165, 1.54) is 6.20 Å². The SMILES string of the molecule is N#Cc1ncc(C=O)c(N2CC[C@H](OC(N)=O)C2)c1-c1cc(F)cc(F)c1. The summed E-state index contributed by atoms with van der Waals surface area (Å²) in [5, 5.41) is 9.43. The van der Waals surface area contributed by atoms with Crippen LogP contribution in [0.5, 0.6) is 0 Å². The molecule has 2 N–H and O–H groups in total. The number of amides is 1. The molecule has 1 aliphatic rings. The van der Waals surface area contributed by atoms with Gasteiger partial charge >= 0.3 is 6.09 Å². The summed E-state index contributed by atoms with van der Waals surface area (Å²) in [6, 6.07) is 4.72. The fourth-order valence-electron chi connectivity index (χ4n) is 3.19. The van der Waals surface area contributed by atoms with Crippen LogP contribution in [0.1, 0.15) is 22.5 Å². The number of halogens is 2. The molecule has 1 saturated heterocycles. The normalized spacial score (nSPS) is 16.0. The Labute approximate surface area is 153 Å². The number of primary amides is 1. The lowest BCUT2D eigenvalue weighted by molar-refractivity contribution is 0.112. The minimum atomic E-state index is -0.919. The third-order valence-corrected chi connectivity index (χ3v) is 4.21. The molecule has 27 heavy (non-hydrogen) atoms. The summed E-state index contributed by atoms with van der Waals surface area (Å²) in [6.45, 7) is 0.599. The van der Waals surface area contributed by atoms with Crippen LogP contribution in [0.2, 0.25) is 0 Å². The maximum absolute atomic E-state index is 13.7. The molecule has 0 radical (unpaired) electrons. The number of hydrogen-bond acceptors (Lipinski definition) is 6. The van der Waals surface area contributed by atoms with E-state index in [4.69, 9.17) is 10.5 Å². The lowest BCUT2D eigenvalue weighted by atomic mass is 9.98. The average molecular weight is 372 g/mol. The molecular formula is C18H14F2N4O3. The van der Waals surface area contributed by atoms with Crippen LogP contribution in [0.4, 0.5) is 19.3 Å². The zero-order valence-corrected chi connectivity index (χ0v) is 14.0. The smallest absolute Gasteiger partial charge is 0.404 e. The Hall–Kier alpha value is -3.54. The van der Waals surface area contributed by atoms with E-state index < -0.39 is 23.8 Å². The predicted octanol–water partition coefficient (Wildman–Crippen LogP) is 2.38. The zero-order chi connectivity index (χ0) is 19.6. The second kappa shape index (κ2) is 7.37. The van der Waals surface area contributed by atoms with E-state index in [-0.39, 0.29) is 28.9 Å². The number of carbonyl (C=O) groups excluding carboxylic acids is 2. The van der Waals surface area contributed by atoms with Crippen LogP contribution in [0, 0.1) is 23.0 Å². The molecule has 1 fully saturated rings. The Kier molecular flexibility index (Phi) is 4.98. The number of carbonyl (C=O) groups is 2. The molecule has 1 aromatic carbocycles. The number of anilines is 1. The van der Waals surface area contributed by atoms with Crippen LogP contribution in [0.25, 0.3) is 11.1 Å². The monoisotopic (exact) mass is 372 g/mol. The summed E-state index contributed by atoms with van der Waals surface area (Å²) < 4.78 is 32.5. The van der Waals surface area contributed by atoms with Gasteiger partial charge in [-0.1, -0.05) is 0 Å². The molecule has 138 valence electrons. The lowest BCUT2D eigenvalue weighted by Gasteiger charge is -2.24. The molecule has 0 unspecified atom stereocenters. The van der Waals surface area contributed by atoms with E-state index in [9.17, 15) is 23.6 Å². The molecular weight excluding hydrogens is 358 g/mol. The second-order valence-electron chi connectivity index (χ2n) is 5.97. The Bertz CT molecular complexity index is 938. The minimum Gasteiger partial charge on any atom is -0.444 e. The maximum atomic E-state index is 13.7. The standard InChI is InChI=1S/C18H14F2N4O3/c19-12-3-10(4-13(20)5-12)16-15(6-21)23-7-11(9-25)17(16)24-2-1-14(8-24)27-18(22)26/h3-5,7,9,14H,1-2,8H2,(H2,22,26)/t14-/m0/s1. The third kappa shape index (κ3) is 3.69. The molecule has 3 rings (SSSR count). The van der Waals surface area contributed by atoms with Crippen molar-refractivity contribution in [1.29, 1.82) is 5.26 Å². The average Bonchev–Trinajstić information content (AvgIpc) is 3.06. The van der Waals surface area contributed by atoms with Gasteiger partial charge in [0.1, 0.15) is 29.5 Å². The van der Waals surface area contributed by atoms with E-state index in [1.54, 1.807) is 4.90 Å². The first kappa shape index (κ1) is 18.3. The number of nitrogens with zero attached hydrogens (tertiary/aromatic N) is 3. The molecule has 1 atom stereocenters. The highest BCUT2D eigenvalue weighted by molar-refractivity contribution is 5.94. The van der Waals surface area contributed by atoms with E-state index in [0.29, 0.717) is 31.0 Å². The number of aldehydes is 1. The predicted molar refractivity (Wildman–Crippen MR) is 91.0 cm³/mol. The van der Waals surface area contributed by atoms with Crippen molar-refractivity contribution in [3.8, 4) is 17.2 Å². The highest BCUT2D eigenvalue weighted by Crippen LogP contribution is 2.38. The largest absolute Gasteiger partial charge is 0.444 e. The van der Waals surface area contributed by atoms with Crippen molar-refractivity contribution in [2.24, 2.45) is 5.73 Å². The molecule has 0 saturated carbocycles. The van der Waals surface area contributed by atoms with Gasteiger partial charge in [-0.2, -0.15) is 5.26 Å². The fourth-order valence-corrected chi connectivity index (χ4v) is 3.19. The number of rotatable bonds is 4. The fraction of sp³-hybridized carbons (Fsp3) is 0.222. The number of ether oxygens (including phenoxy) is 1. The van der Waals surface area contributed by atoms with Crippen molar-refractivity contribution in [2.45, 2.75) is 12.5 Å². The van der Waals surface area contributed by atoms with Crippen molar-refractivity contribution < 1.29 is 23.1 Å². The molecule has 0 bridgehead atoms. The molecule has 2 heterocycles. The highest BCUT2D eigenvalue weighted by Gasteiger charge is 2.30. The summed E-state index contributed by atoms with van der Waals surface area (Å²) in [7, 11) is 0. The van der Waals surface area contributed by atoms with Crippen LogP contribution < -0.4 is 10.6 Å². The second-order valence-corrected chi connectivity index (χ2v) is 5.97. The first-order chi connectivity index (χ1) is 12.9. The first-order valence-electron chi connectivity index (χ1n) is 7.98. The Morgan fingerprint density at radius 3 is 2.67 bits per heavy atom. The Morgan fingerprint density at radius 1 is 1.37 bits per heavy atom. The summed E-state index contributed by atoms with van der Waals surface area (Å²) in [4.78, 5) is 28.2. The maximum Gasteiger partial charge on any atom is 0.404 e.